The van der Waals surface area contributed by atoms with Gasteiger partial charge in [0.15, 0.2) is 0 Å². The molecule has 0 saturated heterocycles. The smallest absolute Gasteiger partial charge is 0.0978 e. The number of hydrogen-bond donors (Lipinski definition) is 3. The van der Waals surface area contributed by atoms with Crippen LogP contribution in [0.5, 0.6) is 0 Å². The third-order valence-corrected chi connectivity index (χ3v) is 1.64. The van der Waals surface area contributed by atoms with E-state index in [2.05, 4.69) is 4.98 Å². The van der Waals surface area contributed by atoms with Crippen molar-refractivity contribution in [1.82, 2.24) is 4.98 Å². The van der Waals surface area contributed by atoms with Crippen LogP contribution in [-0.2, 0) is 0 Å². The third-order valence-electron chi connectivity index (χ3n) is 1.64. The van der Waals surface area contributed by atoms with Crippen molar-refractivity contribution in [2.24, 2.45) is 5.73 Å². The summed E-state index contributed by atoms with van der Waals surface area (Å²) >= 11 is 0. The molecule has 0 aliphatic heterocycles. The highest BCUT2D eigenvalue weighted by atomic mass is 16.3. The number of nitrogens with zero attached hydrogens (tertiary/aromatic N) is 1. The molecule has 0 aliphatic rings. The van der Waals surface area contributed by atoms with Crippen LogP contribution in [0.1, 0.15) is 11.7 Å². The second-order valence-electron chi connectivity index (χ2n) is 2.58. The van der Waals surface area contributed by atoms with E-state index < -0.39 is 12.1 Å². The Morgan fingerprint density at radius 3 is 2.83 bits per heavy atom. The summed E-state index contributed by atoms with van der Waals surface area (Å²) in [5, 5.41) is 18.1. The van der Waals surface area contributed by atoms with Gasteiger partial charge in [0.25, 0.3) is 0 Å². The largest absolute Gasteiger partial charge is 0.395 e. The van der Waals surface area contributed by atoms with Gasteiger partial charge in [0, 0.05) is 18.0 Å². The van der Waals surface area contributed by atoms with Crippen LogP contribution in [0.3, 0.4) is 0 Å². The Balaban J connectivity index is 2.71. The molecule has 0 spiro atoms. The van der Waals surface area contributed by atoms with Gasteiger partial charge in [-0.1, -0.05) is 6.07 Å². The van der Waals surface area contributed by atoms with Gasteiger partial charge in [0.05, 0.1) is 18.8 Å². The monoisotopic (exact) mass is 168 g/mol. The molecule has 0 saturated carbocycles. The van der Waals surface area contributed by atoms with Gasteiger partial charge in [-0.2, -0.15) is 0 Å². The van der Waals surface area contributed by atoms with Crippen LogP contribution in [0.2, 0.25) is 0 Å². The summed E-state index contributed by atoms with van der Waals surface area (Å²) in [6.07, 6.45) is 2.30. The van der Waals surface area contributed by atoms with Crippen LogP contribution in [0, 0.1) is 0 Å². The summed E-state index contributed by atoms with van der Waals surface area (Å²) in [6, 6.07) is 2.78. The molecule has 4 heteroatoms. The van der Waals surface area contributed by atoms with E-state index in [1.807, 2.05) is 0 Å². The first-order chi connectivity index (χ1) is 5.75. The summed E-state index contributed by atoms with van der Waals surface area (Å²) in [7, 11) is 0. The van der Waals surface area contributed by atoms with Gasteiger partial charge in [-0.25, -0.2) is 0 Å². The zero-order valence-corrected chi connectivity index (χ0v) is 6.59. The van der Waals surface area contributed by atoms with E-state index >= 15 is 0 Å². The Kier molecular flexibility index (Phi) is 3.16. The number of aliphatic hydroxyl groups is 2. The molecule has 0 amide bonds. The summed E-state index contributed by atoms with van der Waals surface area (Å²) in [6.45, 7) is -0.240. The molecular weight excluding hydrogens is 156 g/mol. The molecule has 0 aromatic carbocycles. The van der Waals surface area contributed by atoms with Crippen molar-refractivity contribution in [3.63, 3.8) is 0 Å². The molecule has 0 radical (unpaired) electrons. The highest BCUT2D eigenvalue weighted by molar-refractivity contribution is 5.13. The number of pyridine rings is 1. The fraction of sp³-hybridized carbons (Fsp3) is 0.375. The molecule has 1 aromatic rings. The predicted molar refractivity (Wildman–Crippen MR) is 44.3 cm³/mol. The highest BCUT2D eigenvalue weighted by Gasteiger charge is 2.15. The van der Waals surface area contributed by atoms with E-state index in [0.29, 0.717) is 5.56 Å². The summed E-state index contributed by atoms with van der Waals surface area (Å²) in [5.74, 6) is 0. The second kappa shape index (κ2) is 4.15. The summed E-state index contributed by atoms with van der Waals surface area (Å²) < 4.78 is 0. The van der Waals surface area contributed by atoms with Gasteiger partial charge in [-0.05, 0) is 6.07 Å². The van der Waals surface area contributed by atoms with Crippen LogP contribution in [0.25, 0.3) is 0 Å². The fourth-order valence-corrected chi connectivity index (χ4v) is 0.898. The average Bonchev–Trinajstić information content (AvgIpc) is 2.17. The molecule has 1 rings (SSSR count). The third kappa shape index (κ3) is 2.01. The second-order valence-corrected chi connectivity index (χ2v) is 2.58. The van der Waals surface area contributed by atoms with Crippen molar-refractivity contribution in [3.05, 3.63) is 30.1 Å². The molecule has 0 fully saturated rings. The summed E-state index contributed by atoms with van der Waals surface area (Å²) in [4.78, 5) is 3.83. The van der Waals surface area contributed by atoms with E-state index in [0.717, 1.165) is 0 Å². The summed E-state index contributed by atoms with van der Waals surface area (Å²) in [5.41, 5.74) is 6.04. The fourth-order valence-electron chi connectivity index (χ4n) is 0.898. The Hall–Kier alpha value is -0.970. The van der Waals surface area contributed by atoms with Crippen molar-refractivity contribution in [1.29, 1.82) is 0 Å². The Morgan fingerprint density at radius 2 is 2.33 bits per heavy atom. The van der Waals surface area contributed by atoms with Crippen LogP contribution >= 0.6 is 0 Å². The molecular formula is C8H12N2O2. The van der Waals surface area contributed by atoms with Gasteiger partial charge >= 0.3 is 0 Å². The molecule has 0 bridgehead atoms. The van der Waals surface area contributed by atoms with Crippen molar-refractivity contribution >= 4 is 0 Å². The molecule has 1 aromatic heterocycles. The maximum atomic E-state index is 9.46. The molecule has 4 nitrogen and oxygen atoms in total. The Bertz CT molecular complexity index is 228. The molecule has 0 unspecified atom stereocenters. The van der Waals surface area contributed by atoms with Gasteiger partial charge in [-0.3, -0.25) is 4.98 Å². The van der Waals surface area contributed by atoms with Gasteiger partial charge in [0.1, 0.15) is 0 Å². The number of aromatic nitrogens is 1. The lowest BCUT2D eigenvalue weighted by Gasteiger charge is -2.15. The molecule has 66 valence electrons. The molecule has 1 heterocycles. The first kappa shape index (κ1) is 9.12. The van der Waals surface area contributed by atoms with Crippen LogP contribution in [0.15, 0.2) is 24.5 Å². The molecule has 0 aliphatic carbocycles. The van der Waals surface area contributed by atoms with Crippen molar-refractivity contribution in [3.8, 4) is 0 Å². The van der Waals surface area contributed by atoms with E-state index in [1.54, 1.807) is 18.3 Å². The molecule has 12 heavy (non-hydrogen) atoms. The molecule has 2 atom stereocenters. The highest BCUT2D eigenvalue weighted by Crippen LogP contribution is 2.12. The van der Waals surface area contributed by atoms with Gasteiger partial charge in [0.2, 0.25) is 0 Å². The SMILES string of the molecule is N[C@H](CO)[C@@H](O)c1cccnc1. The Labute approximate surface area is 70.7 Å². The van der Waals surface area contributed by atoms with E-state index in [9.17, 15) is 5.11 Å². The number of aliphatic hydroxyl groups excluding tert-OH is 2. The average molecular weight is 168 g/mol. The first-order valence-corrected chi connectivity index (χ1v) is 3.70. The van der Waals surface area contributed by atoms with Gasteiger partial charge in [-0.15, -0.1) is 0 Å². The number of hydrogen-bond acceptors (Lipinski definition) is 4. The van der Waals surface area contributed by atoms with Crippen LogP contribution < -0.4 is 5.73 Å². The lowest BCUT2D eigenvalue weighted by molar-refractivity contribution is 0.109. The van der Waals surface area contributed by atoms with Crippen molar-refractivity contribution in [2.45, 2.75) is 12.1 Å². The zero-order valence-electron chi connectivity index (χ0n) is 6.59. The normalized spacial score (nSPS) is 15.6. The zero-order chi connectivity index (χ0) is 8.97. The lowest BCUT2D eigenvalue weighted by Crippen LogP contribution is -2.31. The Morgan fingerprint density at radius 1 is 1.58 bits per heavy atom. The predicted octanol–water partition coefficient (Wildman–Crippen LogP) is -0.565. The van der Waals surface area contributed by atoms with Crippen molar-refractivity contribution in [2.75, 3.05) is 6.61 Å². The van der Waals surface area contributed by atoms with Crippen LogP contribution in [0.4, 0.5) is 0 Å². The van der Waals surface area contributed by atoms with E-state index in [-0.39, 0.29) is 6.61 Å². The maximum absolute atomic E-state index is 9.46. The number of nitrogens with two attached hydrogens (primary N) is 1. The van der Waals surface area contributed by atoms with E-state index in [4.69, 9.17) is 10.8 Å². The van der Waals surface area contributed by atoms with E-state index in [1.165, 1.54) is 6.20 Å². The maximum Gasteiger partial charge on any atom is 0.0978 e. The quantitative estimate of drug-likeness (QED) is 0.565. The number of rotatable bonds is 3. The minimum absolute atomic E-state index is 0.240. The first-order valence-electron chi connectivity index (χ1n) is 3.70. The molecule has 4 N–H and O–H groups in total. The minimum Gasteiger partial charge on any atom is -0.395 e. The topological polar surface area (TPSA) is 79.4 Å². The lowest BCUT2D eigenvalue weighted by atomic mass is 10.1. The van der Waals surface area contributed by atoms with Crippen molar-refractivity contribution < 1.29 is 10.2 Å². The standard InChI is InChI=1S/C8H12N2O2/c9-7(5-11)8(12)6-2-1-3-10-4-6/h1-4,7-8,11-12H,5,9H2/t7-,8+/m1/s1. The van der Waals surface area contributed by atoms with Gasteiger partial charge < -0.3 is 15.9 Å². The minimum atomic E-state index is -0.844. The van der Waals surface area contributed by atoms with Crippen LogP contribution in [-0.4, -0.2) is 27.8 Å².